The Bertz CT molecular complexity index is 357. The van der Waals surface area contributed by atoms with E-state index >= 15 is 0 Å². The summed E-state index contributed by atoms with van der Waals surface area (Å²) in [6.07, 6.45) is 2.46. The fourth-order valence-electron chi connectivity index (χ4n) is 2.52. The first kappa shape index (κ1) is 13.4. The second-order valence-corrected chi connectivity index (χ2v) is 5.29. The van der Waals surface area contributed by atoms with Gasteiger partial charge in [-0.05, 0) is 50.4 Å². The molecule has 3 heteroatoms. The Hall–Kier alpha value is -1.06. The molecule has 2 unspecified atom stereocenters. The number of hydrogen-bond acceptors (Lipinski definition) is 3. The predicted octanol–water partition coefficient (Wildman–Crippen LogP) is 2.81. The van der Waals surface area contributed by atoms with Crippen molar-refractivity contribution in [1.82, 2.24) is 4.90 Å². The van der Waals surface area contributed by atoms with Crippen molar-refractivity contribution in [2.24, 2.45) is 5.92 Å². The highest BCUT2D eigenvalue weighted by Gasteiger charge is 2.19. The number of ether oxygens (including phenoxy) is 1. The SMILES string of the molecule is CC(c1ccc(O)cc1)N(C)CC1CCCOC1. The van der Waals surface area contributed by atoms with E-state index in [4.69, 9.17) is 4.74 Å². The molecule has 100 valence electrons. The van der Waals surface area contributed by atoms with Crippen molar-refractivity contribution in [3.63, 3.8) is 0 Å². The predicted molar refractivity (Wildman–Crippen MR) is 72.7 cm³/mol. The Kier molecular flexibility index (Phi) is 4.61. The molecule has 1 saturated heterocycles. The smallest absolute Gasteiger partial charge is 0.115 e. The Balaban J connectivity index is 1.91. The standard InChI is InChI=1S/C15H23NO2/c1-12(14-5-7-15(17)8-6-14)16(2)10-13-4-3-9-18-11-13/h5-8,12-13,17H,3-4,9-11H2,1-2H3. The van der Waals surface area contributed by atoms with Gasteiger partial charge in [-0.2, -0.15) is 0 Å². The quantitative estimate of drug-likeness (QED) is 0.890. The molecule has 0 aromatic heterocycles. The number of rotatable bonds is 4. The Morgan fingerprint density at radius 2 is 2.11 bits per heavy atom. The summed E-state index contributed by atoms with van der Waals surface area (Å²) in [5, 5.41) is 9.31. The van der Waals surface area contributed by atoms with Gasteiger partial charge >= 0.3 is 0 Å². The second-order valence-electron chi connectivity index (χ2n) is 5.29. The lowest BCUT2D eigenvalue weighted by Crippen LogP contribution is -2.32. The van der Waals surface area contributed by atoms with Crippen LogP contribution in [-0.4, -0.2) is 36.8 Å². The van der Waals surface area contributed by atoms with Crippen LogP contribution >= 0.6 is 0 Å². The second kappa shape index (κ2) is 6.21. The zero-order valence-electron chi connectivity index (χ0n) is 11.3. The van der Waals surface area contributed by atoms with E-state index in [0.717, 1.165) is 19.8 Å². The minimum Gasteiger partial charge on any atom is -0.508 e. The molecule has 3 nitrogen and oxygen atoms in total. The van der Waals surface area contributed by atoms with E-state index in [-0.39, 0.29) is 0 Å². The maximum Gasteiger partial charge on any atom is 0.115 e. The minimum atomic E-state index is 0.328. The lowest BCUT2D eigenvalue weighted by molar-refractivity contribution is 0.0372. The largest absolute Gasteiger partial charge is 0.508 e. The molecule has 1 aromatic carbocycles. The summed E-state index contributed by atoms with van der Waals surface area (Å²) >= 11 is 0. The normalized spacial score (nSPS) is 22.1. The van der Waals surface area contributed by atoms with E-state index in [2.05, 4.69) is 18.9 Å². The molecular formula is C15H23NO2. The van der Waals surface area contributed by atoms with Gasteiger partial charge < -0.3 is 9.84 Å². The maximum absolute atomic E-state index is 9.31. The summed E-state index contributed by atoms with van der Waals surface area (Å²) in [4.78, 5) is 2.37. The van der Waals surface area contributed by atoms with Crippen molar-refractivity contribution in [2.75, 3.05) is 26.8 Å². The van der Waals surface area contributed by atoms with Crippen LogP contribution in [0.25, 0.3) is 0 Å². The minimum absolute atomic E-state index is 0.328. The average molecular weight is 249 g/mol. The number of phenolic OH excluding ortho intramolecular Hbond substituents is 1. The monoisotopic (exact) mass is 249 g/mol. The van der Waals surface area contributed by atoms with Gasteiger partial charge in [0.2, 0.25) is 0 Å². The molecule has 0 aliphatic carbocycles. The number of hydrogen-bond donors (Lipinski definition) is 1. The van der Waals surface area contributed by atoms with E-state index in [1.54, 1.807) is 12.1 Å². The summed E-state index contributed by atoms with van der Waals surface area (Å²) in [5.74, 6) is 0.984. The molecule has 1 aromatic rings. The van der Waals surface area contributed by atoms with Crippen molar-refractivity contribution in [3.8, 4) is 5.75 Å². The van der Waals surface area contributed by atoms with E-state index in [9.17, 15) is 5.11 Å². The highest BCUT2D eigenvalue weighted by Crippen LogP contribution is 2.23. The zero-order valence-corrected chi connectivity index (χ0v) is 11.3. The highest BCUT2D eigenvalue weighted by atomic mass is 16.5. The molecule has 1 aliphatic heterocycles. The fraction of sp³-hybridized carbons (Fsp3) is 0.600. The van der Waals surface area contributed by atoms with E-state index in [0.29, 0.717) is 17.7 Å². The molecular weight excluding hydrogens is 226 g/mol. The molecule has 0 spiro atoms. The van der Waals surface area contributed by atoms with Crippen molar-refractivity contribution in [2.45, 2.75) is 25.8 Å². The first-order valence-electron chi connectivity index (χ1n) is 6.73. The number of nitrogens with zero attached hydrogens (tertiary/aromatic N) is 1. The van der Waals surface area contributed by atoms with Crippen LogP contribution in [0.3, 0.4) is 0 Å². The molecule has 2 atom stereocenters. The van der Waals surface area contributed by atoms with Crippen molar-refractivity contribution >= 4 is 0 Å². The average Bonchev–Trinajstić information content (AvgIpc) is 2.40. The lowest BCUT2D eigenvalue weighted by Gasteiger charge is -2.31. The Labute approximate surface area is 109 Å². The highest BCUT2D eigenvalue weighted by molar-refractivity contribution is 5.27. The van der Waals surface area contributed by atoms with Crippen LogP contribution in [0.1, 0.15) is 31.4 Å². The molecule has 0 radical (unpaired) electrons. The maximum atomic E-state index is 9.31. The molecule has 1 N–H and O–H groups in total. The van der Waals surface area contributed by atoms with Crippen LogP contribution in [-0.2, 0) is 4.74 Å². The summed E-state index contributed by atoms with van der Waals surface area (Å²) in [6, 6.07) is 7.86. The van der Waals surface area contributed by atoms with E-state index < -0.39 is 0 Å². The first-order valence-corrected chi connectivity index (χ1v) is 6.73. The Morgan fingerprint density at radius 3 is 2.72 bits per heavy atom. The van der Waals surface area contributed by atoms with Crippen LogP contribution in [0.5, 0.6) is 5.75 Å². The van der Waals surface area contributed by atoms with Crippen LogP contribution in [0, 0.1) is 5.92 Å². The molecule has 18 heavy (non-hydrogen) atoms. The molecule has 0 bridgehead atoms. The summed E-state index contributed by atoms with van der Waals surface area (Å²) < 4.78 is 5.52. The summed E-state index contributed by atoms with van der Waals surface area (Å²) in [7, 11) is 2.16. The third-order valence-corrected chi connectivity index (χ3v) is 3.84. The Morgan fingerprint density at radius 1 is 1.39 bits per heavy atom. The molecule has 2 rings (SSSR count). The molecule has 1 aliphatic rings. The van der Waals surface area contributed by atoms with Gasteiger partial charge in [-0.1, -0.05) is 12.1 Å². The van der Waals surface area contributed by atoms with Gasteiger partial charge in [-0.15, -0.1) is 0 Å². The first-order chi connectivity index (χ1) is 8.66. The van der Waals surface area contributed by atoms with Gasteiger partial charge in [0, 0.05) is 19.2 Å². The molecule has 1 heterocycles. The third-order valence-electron chi connectivity index (χ3n) is 3.84. The van der Waals surface area contributed by atoms with Gasteiger partial charge in [0.15, 0.2) is 0 Å². The number of aromatic hydroxyl groups is 1. The molecule has 1 fully saturated rings. The van der Waals surface area contributed by atoms with Gasteiger partial charge in [-0.3, -0.25) is 4.90 Å². The van der Waals surface area contributed by atoms with Gasteiger partial charge in [0.1, 0.15) is 5.75 Å². The summed E-state index contributed by atoms with van der Waals surface area (Å²) in [5.41, 5.74) is 1.24. The molecule has 0 amide bonds. The molecule has 0 saturated carbocycles. The van der Waals surface area contributed by atoms with E-state index in [1.165, 1.54) is 18.4 Å². The third kappa shape index (κ3) is 3.47. The van der Waals surface area contributed by atoms with Crippen LogP contribution in [0.2, 0.25) is 0 Å². The lowest BCUT2D eigenvalue weighted by atomic mass is 10.00. The van der Waals surface area contributed by atoms with Gasteiger partial charge in [-0.25, -0.2) is 0 Å². The van der Waals surface area contributed by atoms with Crippen molar-refractivity contribution < 1.29 is 9.84 Å². The van der Waals surface area contributed by atoms with Gasteiger partial charge in [0.05, 0.1) is 6.61 Å². The summed E-state index contributed by atoms with van der Waals surface area (Å²) in [6.45, 7) is 5.10. The van der Waals surface area contributed by atoms with Crippen molar-refractivity contribution in [3.05, 3.63) is 29.8 Å². The van der Waals surface area contributed by atoms with Crippen LogP contribution < -0.4 is 0 Å². The van der Waals surface area contributed by atoms with E-state index in [1.807, 2.05) is 12.1 Å². The fourth-order valence-corrected chi connectivity index (χ4v) is 2.52. The zero-order chi connectivity index (χ0) is 13.0. The number of phenols is 1. The van der Waals surface area contributed by atoms with Crippen LogP contribution in [0.4, 0.5) is 0 Å². The number of benzene rings is 1. The topological polar surface area (TPSA) is 32.7 Å². The van der Waals surface area contributed by atoms with Crippen molar-refractivity contribution in [1.29, 1.82) is 0 Å². The van der Waals surface area contributed by atoms with Crippen LogP contribution in [0.15, 0.2) is 24.3 Å². The van der Waals surface area contributed by atoms with Gasteiger partial charge in [0.25, 0.3) is 0 Å².